The third-order valence-corrected chi connectivity index (χ3v) is 17.6. The van der Waals surface area contributed by atoms with Crippen molar-refractivity contribution in [2.75, 3.05) is 76.4 Å². The van der Waals surface area contributed by atoms with Crippen LogP contribution in [0.25, 0.3) is 11.1 Å². The van der Waals surface area contributed by atoms with E-state index < -0.39 is 95.5 Å². The highest BCUT2D eigenvalue weighted by Crippen LogP contribution is 2.49. The fourth-order valence-electron chi connectivity index (χ4n) is 12.1. The number of carbonyl (C=O) groups is 7. The molecule has 6 aliphatic heterocycles. The number of benzene rings is 7. The second-order valence-electron chi connectivity index (χ2n) is 25.0. The molecule has 17 bridgehead atoms. The summed E-state index contributed by atoms with van der Waals surface area (Å²) >= 11 is 14.3. The molecule has 0 saturated carbocycles. The number of alkyl carbamates (subject to hydrolysis) is 1. The highest BCUT2D eigenvalue weighted by Gasteiger charge is 2.41. The first-order chi connectivity index (χ1) is 49.4. The minimum atomic E-state index is -2.02. The quantitative estimate of drug-likeness (QED) is 0.0372. The Hall–Kier alpha value is -10.8. The highest BCUT2D eigenvalue weighted by atomic mass is 35.5. The first kappa shape index (κ1) is 73.5. The lowest BCUT2D eigenvalue weighted by atomic mass is 9.89. The Morgan fingerprint density at radius 1 is 0.524 bits per heavy atom. The fourth-order valence-corrected chi connectivity index (χ4v) is 12.6. The summed E-state index contributed by atoms with van der Waals surface area (Å²) < 4.78 is 77.6. The number of hydrogen-bond acceptors (Lipinski definition) is 21. The summed E-state index contributed by atoms with van der Waals surface area (Å²) in [6.45, 7) is 4.78. The van der Waals surface area contributed by atoms with Gasteiger partial charge in [-0.3, -0.25) is 28.8 Å². The second kappa shape index (κ2) is 31.6. The normalized spacial score (nSPS) is 20.2. The number of aliphatic hydroxyl groups is 1. The molecule has 7 aromatic carbocycles. The van der Waals surface area contributed by atoms with Gasteiger partial charge in [-0.2, -0.15) is 0 Å². The van der Waals surface area contributed by atoms with E-state index in [9.17, 15) is 9.90 Å². The number of methoxy groups -OCH3 is 7. The molecular weight excluding hydrogens is 1380 g/mol. The Kier molecular flexibility index (Phi) is 22.6. The Balaban J connectivity index is 1.13. The van der Waals surface area contributed by atoms with Crippen LogP contribution in [0.5, 0.6) is 69.0 Å². The van der Waals surface area contributed by atoms with Crippen molar-refractivity contribution >= 4 is 64.7 Å². The number of ether oxygens (including phenoxy) is 13. The van der Waals surface area contributed by atoms with Gasteiger partial charge in [0.15, 0.2) is 23.0 Å². The van der Waals surface area contributed by atoms with Crippen molar-refractivity contribution in [2.45, 2.75) is 81.2 Å². The lowest BCUT2D eigenvalue weighted by Crippen LogP contribution is -2.55. The summed E-state index contributed by atoms with van der Waals surface area (Å²) in [5.41, 5.74) is 0.252. The topological polar surface area (TPSA) is 344 Å². The number of carbonyl (C=O) groups excluding carboxylic acids is 7. The molecule has 103 heavy (non-hydrogen) atoms. The number of hydrogen-bond donors (Lipinski definition) is 8. The van der Waals surface area contributed by atoms with Gasteiger partial charge in [0, 0.05) is 36.8 Å². The zero-order chi connectivity index (χ0) is 73.6. The van der Waals surface area contributed by atoms with E-state index >= 15 is 28.8 Å². The molecular formula is C73H75Cl2N7O21. The van der Waals surface area contributed by atoms with Gasteiger partial charge < -0.3 is 104 Å². The van der Waals surface area contributed by atoms with Gasteiger partial charge in [0.1, 0.15) is 95.0 Å². The minimum Gasteiger partial charge on any atom is -0.497 e. The SMILES string of the molecule is COCCOCOC[C@H]1NC(=O)[C@H]2NC(=O)[C@H](NC(=O)[C@@H]3NC(=O)[C@H]4NC(=O)[C@@H](Cc5ccc(c(Cl)c5)Oc5cc3cc(c5OC)Oc3ccc(cc3Cl)[C@H]2O)NC(=O)[C@H](NC(=O)OC(C)(C)C)c2ccc(OC)c(c2)Oc2cc(OC)cc4c2)c2ccc(OC)c(c2)-c2c(OC)cc(OC)cc21. The molecule has 30 heteroatoms. The minimum absolute atomic E-state index is 0.00708. The van der Waals surface area contributed by atoms with Gasteiger partial charge in [0.05, 0.1) is 78.6 Å². The van der Waals surface area contributed by atoms with Crippen molar-refractivity contribution in [2.24, 2.45) is 0 Å². The van der Waals surface area contributed by atoms with Gasteiger partial charge in [-0.15, -0.1) is 0 Å². The van der Waals surface area contributed by atoms with Gasteiger partial charge in [0.25, 0.3) is 0 Å². The molecule has 6 heterocycles. The Bertz CT molecular complexity index is 4440. The van der Waals surface area contributed by atoms with Crippen molar-refractivity contribution in [3.05, 3.63) is 164 Å². The lowest BCUT2D eigenvalue weighted by Gasteiger charge is -2.32. The molecule has 8 atom stereocenters. The number of aliphatic hydroxyl groups excluding tert-OH is 1. The largest absolute Gasteiger partial charge is 0.497 e. The Morgan fingerprint density at radius 3 is 1.77 bits per heavy atom. The summed E-state index contributed by atoms with van der Waals surface area (Å²) in [4.78, 5) is 108. The van der Waals surface area contributed by atoms with Crippen LogP contribution >= 0.6 is 23.2 Å². The molecule has 28 nitrogen and oxygen atoms in total. The van der Waals surface area contributed by atoms with Crippen LogP contribution in [0.4, 0.5) is 4.79 Å². The second-order valence-corrected chi connectivity index (χ2v) is 25.8. The van der Waals surface area contributed by atoms with Crippen LogP contribution in [0, 0.1) is 0 Å². The molecule has 542 valence electrons. The number of rotatable bonds is 14. The summed E-state index contributed by atoms with van der Waals surface area (Å²) in [5, 5.41) is 32.0. The van der Waals surface area contributed by atoms with Crippen LogP contribution < -0.4 is 79.8 Å². The maximum Gasteiger partial charge on any atom is 0.408 e. The molecule has 0 radical (unpaired) electrons. The van der Waals surface area contributed by atoms with Gasteiger partial charge in [-0.1, -0.05) is 47.5 Å². The zero-order valence-corrected chi connectivity index (χ0v) is 59.0. The van der Waals surface area contributed by atoms with Crippen LogP contribution in [-0.4, -0.2) is 141 Å². The molecule has 0 aromatic heterocycles. The number of fused-ring (bicyclic) bond motifs is 14. The third-order valence-electron chi connectivity index (χ3n) is 17.0. The number of nitrogens with one attached hydrogen (secondary N) is 7. The molecule has 0 unspecified atom stereocenters. The zero-order valence-electron chi connectivity index (χ0n) is 57.5. The van der Waals surface area contributed by atoms with E-state index in [1.165, 1.54) is 141 Å². The van der Waals surface area contributed by atoms with E-state index in [0.29, 0.717) is 16.7 Å². The molecule has 0 fully saturated rings. The van der Waals surface area contributed by atoms with E-state index in [2.05, 4.69) is 37.2 Å². The van der Waals surface area contributed by atoms with Gasteiger partial charge in [-0.05, 0) is 139 Å². The maximum absolute atomic E-state index is 16.3. The van der Waals surface area contributed by atoms with Crippen LogP contribution in [0.2, 0.25) is 10.0 Å². The van der Waals surface area contributed by atoms with E-state index in [4.69, 9.17) is 84.8 Å². The Morgan fingerprint density at radius 2 is 1.13 bits per heavy atom. The standard InChI is InChI=1S/C73H75Cl2N7O21/c1-73(2,3)103-72(90)82-60-37-13-18-53(95-8)54(27-37)100-43-24-39(23-41(30-43)92-5)61-69(87)80-62-40-28-56(101-51-15-11-35(21-46(51)74)22-48(66(84)78-61)76-67(60)85)65(97-10)57(29-40)102-52-17-14-38(26-47(52)75)64(83)63-71(89)77-49(33-99-34-98-20-19-91-4)44-31-42(93-6)32-55(96-9)58(44)45-25-36(12-16-50(45)94-7)59(68(86)81-63)79-70(62)88/h11-18,21,23-32,48-49,59-64,83H,19-20,22,33-34H2,1-10H3,(H,76,85)(H,77,89)(H,78,84)(H,79,88)(H,80,87)(H,81,86)(H,82,90)/t48-,49-,59-,60-,61+,62-,63+,64-/m1/s1. The smallest absolute Gasteiger partial charge is 0.408 e. The highest BCUT2D eigenvalue weighted by molar-refractivity contribution is 6.32. The summed E-state index contributed by atoms with van der Waals surface area (Å²) in [6.07, 6.45) is -3.24. The summed E-state index contributed by atoms with van der Waals surface area (Å²) in [6, 6.07) is 15.8. The Labute approximate surface area is 601 Å². The molecule has 0 aliphatic carbocycles. The first-order valence-electron chi connectivity index (χ1n) is 32.2. The molecule has 7 amide bonds. The maximum atomic E-state index is 16.3. The van der Waals surface area contributed by atoms with Crippen molar-refractivity contribution in [3.63, 3.8) is 0 Å². The van der Waals surface area contributed by atoms with Crippen molar-refractivity contribution < 1.29 is 100 Å². The first-order valence-corrected chi connectivity index (χ1v) is 33.0. The van der Waals surface area contributed by atoms with E-state index in [0.717, 1.165) is 0 Å². The van der Waals surface area contributed by atoms with Crippen LogP contribution in [-0.2, 0) is 54.1 Å². The van der Waals surface area contributed by atoms with Crippen molar-refractivity contribution in [3.8, 4) is 80.1 Å². The molecule has 13 rings (SSSR count). The van der Waals surface area contributed by atoms with Crippen molar-refractivity contribution in [1.82, 2.24) is 37.2 Å². The van der Waals surface area contributed by atoms with Gasteiger partial charge >= 0.3 is 6.09 Å². The van der Waals surface area contributed by atoms with Crippen LogP contribution in [0.15, 0.2) is 115 Å². The number of amides is 7. The molecule has 8 N–H and O–H groups in total. The monoisotopic (exact) mass is 1460 g/mol. The van der Waals surface area contributed by atoms with Gasteiger partial charge in [-0.25, -0.2) is 4.79 Å². The summed E-state index contributed by atoms with van der Waals surface area (Å²) in [7, 11) is 9.81. The van der Waals surface area contributed by atoms with Gasteiger partial charge in [0.2, 0.25) is 41.2 Å². The molecule has 0 saturated heterocycles. The average Bonchev–Trinajstić information content (AvgIpc) is 0.765. The predicted molar refractivity (Wildman–Crippen MR) is 370 cm³/mol. The average molecular weight is 1460 g/mol. The van der Waals surface area contributed by atoms with Crippen molar-refractivity contribution in [1.29, 1.82) is 0 Å². The molecule has 0 spiro atoms. The molecule has 6 aliphatic rings. The molecule has 7 aromatic rings. The lowest BCUT2D eigenvalue weighted by molar-refractivity contribution is -0.136. The van der Waals surface area contributed by atoms with Crippen LogP contribution in [0.3, 0.4) is 0 Å². The number of halogens is 2. The summed E-state index contributed by atoms with van der Waals surface area (Å²) in [5.74, 6) is -5.86. The third kappa shape index (κ3) is 16.4. The fraction of sp³-hybridized carbons (Fsp3) is 0.329. The van der Waals surface area contributed by atoms with Crippen LogP contribution in [0.1, 0.15) is 96.0 Å². The predicted octanol–water partition coefficient (Wildman–Crippen LogP) is 8.92. The van der Waals surface area contributed by atoms with E-state index in [1.54, 1.807) is 45.0 Å². The van der Waals surface area contributed by atoms with E-state index in [1.807, 2.05) is 0 Å². The van der Waals surface area contributed by atoms with E-state index in [-0.39, 0.29) is 145 Å².